The zero-order valence-electron chi connectivity index (χ0n) is 10.0. The Labute approximate surface area is 119 Å². The van der Waals surface area contributed by atoms with Crippen LogP contribution in [0.4, 0.5) is 0 Å². The summed E-state index contributed by atoms with van der Waals surface area (Å²) in [7, 11) is 1.68. The van der Waals surface area contributed by atoms with E-state index in [1.165, 1.54) is 4.88 Å². The van der Waals surface area contributed by atoms with E-state index in [0.29, 0.717) is 6.04 Å². The van der Waals surface area contributed by atoms with E-state index in [1.807, 2.05) is 0 Å². The van der Waals surface area contributed by atoms with Crippen LogP contribution in [0.15, 0.2) is 10.5 Å². The number of thioether (sulfide) groups is 1. The minimum atomic E-state index is 0.232. The minimum Gasteiger partial charge on any atom is -0.486 e. The van der Waals surface area contributed by atoms with Gasteiger partial charge in [0.1, 0.15) is 0 Å². The van der Waals surface area contributed by atoms with Crippen LogP contribution in [-0.4, -0.2) is 36.9 Å². The van der Waals surface area contributed by atoms with E-state index in [1.54, 1.807) is 30.2 Å². The highest BCUT2D eigenvalue weighted by atomic mass is 79.9. The van der Waals surface area contributed by atoms with Gasteiger partial charge >= 0.3 is 0 Å². The summed E-state index contributed by atoms with van der Waals surface area (Å²) < 4.78 is 6.23. The number of hydrogen-bond acceptors (Lipinski definition) is 5. The van der Waals surface area contributed by atoms with Crippen molar-refractivity contribution in [2.45, 2.75) is 19.0 Å². The van der Waals surface area contributed by atoms with Gasteiger partial charge in [0.25, 0.3) is 0 Å². The van der Waals surface area contributed by atoms with Crippen LogP contribution in [-0.2, 0) is 6.54 Å². The lowest BCUT2D eigenvalue weighted by molar-refractivity contribution is 0.270. The summed E-state index contributed by atoms with van der Waals surface area (Å²) in [4.78, 5) is 1.23. The fourth-order valence-electron chi connectivity index (χ4n) is 1.47. The molecule has 1 aromatic rings. The van der Waals surface area contributed by atoms with Gasteiger partial charge in [-0.3, -0.25) is 0 Å². The molecule has 0 bridgehead atoms. The van der Waals surface area contributed by atoms with Gasteiger partial charge in [0, 0.05) is 29.8 Å². The molecule has 0 amide bonds. The molecular formula is C11H18BrNO2S2. The van der Waals surface area contributed by atoms with Crippen molar-refractivity contribution < 1.29 is 9.84 Å². The molecule has 0 radical (unpaired) electrons. The van der Waals surface area contributed by atoms with Gasteiger partial charge in [0.2, 0.25) is 0 Å². The number of aliphatic hydroxyl groups is 1. The number of methoxy groups -OCH3 is 1. The summed E-state index contributed by atoms with van der Waals surface area (Å²) in [5, 5.41) is 13.3. The van der Waals surface area contributed by atoms with E-state index in [0.717, 1.165) is 28.3 Å². The second-order valence-electron chi connectivity index (χ2n) is 3.60. The molecule has 3 nitrogen and oxygen atoms in total. The first kappa shape index (κ1) is 15.3. The third-order valence-corrected chi connectivity index (χ3v) is 4.99. The lowest BCUT2D eigenvalue weighted by Crippen LogP contribution is -2.31. The van der Waals surface area contributed by atoms with Gasteiger partial charge in [0.15, 0.2) is 5.06 Å². The summed E-state index contributed by atoms with van der Waals surface area (Å²) in [6.07, 6.45) is 2.88. The van der Waals surface area contributed by atoms with E-state index < -0.39 is 0 Å². The van der Waals surface area contributed by atoms with Crippen LogP contribution in [0, 0.1) is 0 Å². The molecule has 0 saturated heterocycles. The second-order valence-corrected chi connectivity index (χ2v) is 6.46. The van der Waals surface area contributed by atoms with Gasteiger partial charge in [-0.15, -0.1) is 11.3 Å². The topological polar surface area (TPSA) is 41.5 Å². The minimum absolute atomic E-state index is 0.232. The Balaban J connectivity index is 2.46. The number of nitrogens with one attached hydrogen (secondary N) is 1. The van der Waals surface area contributed by atoms with E-state index >= 15 is 0 Å². The van der Waals surface area contributed by atoms with Gasteiger partial charge in [-0.1, -0.05) is 0 Å². The van der Waals surface area contributed by atoms with E-state index in [2.05, 4.69) is 33.6 Å². The Hall–Kier alpha value is 0.250. The van der Waals surface area contributed by atoms with Crippen LogP contribution in [0.5, 0.6) is 5.06 Å². The lowest BCUT2D eigenvalue weighted by Gasteiger charge is -2.15. The fourth-order valence-corrected chi connectivity index (χ4v) is 3.80. The SMILES string of the molecule is COc1sc(CNC(CCO)CSC)cc1Br. The van der Waals surface area contributed by atoms with Gasteiger partial charge in [-0.05, 0) is 34.7 Å². The monoisotopic (exact) mass is 339 g/mol. The smallest absolute Gasteiger partial charge is 0.188 e. The average Bonchev–Trinajstić information content (AvgIpc) is 2.67. The van der Waals surface area contributed by atoms with Gasteiger partial charge in [-0.2, -0.15) is 11.8 Å². The largest absolute Gasteiger partial charge is 0.486 e. The second kappa shape index (κ2) is 8.37. The first-order valence-electron chi connectivity index (χ1n) is 5.36. The molecule has 1 heterocycles. The van der Waals surface area contributed by atoms with Crippen molar-refractivity contribution in [3.05, 3.63) is 15.4 Å². The predicted octanol–water partition coefficient (Wildman–Crippen LogP) is 2.72. The molecule has 0 saturated carbocycles. The van der Waals surface area contributed by atoms with Gasteiger partial charge in [0.05, 0.1) is 11.6 Å². The maximum absolute atomic E-state index is 8.97. The Bertz CT molecular complexity index is 327. The molecule has 1 unspecified atom stereocenters. The number of hydrogen-bond donors (Lipinski definition) is 2. The van der Waals surface area contributed by atoms with Crippen molar-refractivity contribution in [2.75, 3.05) is 25.7 Å². The molecule has 1 atom stereocenters. The molecule has 0 fully saturated rings. The molecule has 0 aliphatic carbocycles. The standard InChI is InChI=1S/C11H18BrNO2S2/c1-15-11-10(12)5-9(17-11)6-13-8(3-4-14)7-16-2/h5,8,13-14H,3-4,6-7H2,1-2H3. The van der Waals surface area contributed by atoms with Crippen molar-refractivity contribution in [3.8, 4) is 5.06 Å². The third kappa shape index (κ3) is 5.18. The molecule has 17 heavy (non-hydrogen) atoms. The summed E-state index contributed by atoms with van der Waals surface area (Å²) in [5.74, 6) is 1.02. The summed E-state index contributed by atoms with van der Waals surface area (Å²) in [5.41, 5.74) is 0. The fraction of sp³-hybridized carbons (Fsp3) is 0.636. The Morgan fingerprint density at radius 1 is 1.65 bits per heavy atom. The number of ether oxygens (including phenoxy) is 1. The maximum Gasteiger partial charge on any atom is 0.188 e. The number of rotatable bonds is 8. The molecule has 2 N–H and O–H groups in total. The number of aliphatic hydroxyl groups excluding tert-OH is 1. The highest BCUT2D eigenvalue weighted by Gasteiger charge is 2.10. The molecule has 1 aromatic heterocycles. The highest BCUT2D eigenvalue weighted by molar-refractivity contribution is 9.10. The van der Waals surface area contributed by atoms with Crippen LogP contribution in [0.2, 0.25) is 0 Å². The normalized spacial score (nSPS) is 12.7. The first-order valence-corrected chi connectivity index (χ1v) is 8.37. The van der Waals surface area contributed by atoms with Crippen LogP contribution in [0.3, 0.4) is 0 Å². The molecular weight excluding hydrogens is 322 g/mol. The maximum atomic E-state index is 8.97. The number of thiophene rings is 1. The van der Waals surface area contributed by atoms with E-state index in [-0.39, 0.29) is 6.61 Å². The van der Waals surface area contributed by atoms with Crippen LogP contribution < -0.4 is 10.1 Å². The molecule has 0 aliphatic heterocycles. The Kier molecular flexibility index (Phi) is 7.54. The molecule has 0 spiro atoms. The van der Waals surface area contributed by atoms with Crippen LogP contribution in [0.1, 0.15) is 11.3 Å². The molecule has 6 heteroatoms. The molecule has 0 aromatic carbocycles. The van der Waals surface area contributed by atoms with Crippen molar-refractivity contribution in [1.82, 2.24) is 5.32 Å². The van der Waals surface area contributed by atoms with Crippen molar-refractivity contribution in [1.29, 1.82) is 0 Å². The Morgan fingerprint density at radius 3 is 2.94 bits per heavy atom. The predicted molar refractivity (Wildman–Crippen MR) is 79.3 cm³/mol. The van der Waals surface area contributed by atoms with E-state index in [9.17, 15) is 0 Å². The average molecular weight is 340 g/mol. The highest BCUT2D eigenvalue weighted by Crippen LogP contribution is 2.34. The third-order valence-electron chi connectivity index (χ3n) is 2.30. The Morgan fingerprint density at radius 2 is 2.41 bits per heavy atom. The summed E-state index contributed by atoms with van der Waals surface area (Å²) in [6, 6.07) is 2.44. The first-order chi connectivity index (χ1) is 8.21. The van der Waals surface area contributed by atoms with Crippen molar-refractivity contribution in [3.63, 3.8) is 0 Å². The van der Waals surface area contributed by atoms with Gasteiger partial charge in [-0.25, -0.2) is 0 Å². The lowest BCUT2D eigenvalue weighted by atomic mass is 10.2. The van der Waals surface area contributed by atoms with E-state index in [4.69, 9.17) is 9.84 Å². The summed E-state index contributed by atoms with van der Waals surface area (Å²) in [6.45, 7) is 1.05. The van der Waals surface area contributed by atoms with Crippen molar-refractivity contribution in [2.24, 2.45) is 0 Å². The summed E-state index contributed by atoms with van der Waals surface area (Å²) >= 11 is 6.89. The molecule has 0 aliphatic rings. The molecule has 1 rings (SSSR count). The van der Waals surface area contributed by atoms with Crippen molar-refractivity contribution >= 4 is 39.0 Å². The zero-order valence-corrected chi connectivity index (χ0v) is 13.3. The van der Waals surface area contributed by atoms with Crippen LogP contribution >= 0.6 is 39.0 Å². The zero-order chi connectivity index (χ0) is 12.7. The number of halogens is 1. The van der Waals surface area contributed by atoms with Crippen LogP contribution in [0.25, 0.3) is 0 Å². The quantitative estimate of drug-likeness (QED) is 0.764. The van der Waals surface area contributed by atoms with Gasteiger partial charge < -0.3 is 15.2 Å². The molecule has 98 valence electrons.